The number of nitrogens with zero attached hydrogens (tertiary/aromatic N) is 1. The number of rotatable bonds is 4. The van der Waals surface area contributed by atoms with Gasteiger partial charge >= 0.3 is 0 Å². The predicted molar refractivity (Wildman–Crippen MR) is 70.3 cm³/mol. The highest BCUT2D eigenvalue weighted by molar-refractivity contribution is 5.35. The van der Waals surface area contributed by atoms with Crippen LogP contribution in [0.4, 0.5) is 4.39 Å². The molecule has 0 aliphatic heterocycles. The van der Waals surface area contributed by atoms with Gasteiger partial charge in [-0.05, 0) is 38.1 Å². The summed E-state index contributed by atoms with van der Waals surface area (Å²) in [5.41, 5.74) is 2.23. The van der Waals surface area contributed by atoms with Crippen LogP contribution in [0.3, 0.4) is 0 Å². The van der Waals surface area contributed by atoms with E-state index in [1.165, 1.54) is 18.2 Å². The fourth-order valence-electron chi connectivity index (χ4n) is 1.81. The van der Waals surface area contributed by atoms with Gasteiger partial charge in [0.15, 0.2) is 0 Å². The first-order valence-corrected chi connectivity index (χ1v) is 6.09. The molecule has 1 aromatic carbocycles. The Kier molecular flexibility index (Phi) is 4.12. The van der Waals surface area contributed by atoms with Crippen LogP contribution < -0.4 is 4.74 Å². The van der Waals surface area contributed by atoms with Gasteiger partial charge in [-0.25, -0.2) is 4.39 Å². The number of aryl methyl sites for hydroxylation is 1. The maximum Gasteiger partial charge on any atom is 0.130 e. The standard InChI is InChI=1S/C15H16FNO2/c1-10-4-3-5-13(17-10)9-19-15-8-12(16)6-7-14(15)11(2)18/h3-8,11,18H,9H2,1-2H3/t11-/m1/s1. The Hall–Kier alpha value is -1.94. The number of aromatic nitrogens is 1. The van der Waals surface area contributed by atoms with Crippen LogP contribution in [0, 0.1) is 12.7 Å². The summed E-state index contributed by atoms with van der Waals surface area (Å²) in [6.45, 7) is 3.75. The fourth-order valence-corrected chi connectivity index (χ4v) is 1.81. The summed E-state index contributed by atoms with van der Waals surface area (Å²) in [5.74, 6) is -0.0464. The van der Waals surface area contributed by atoms with Crippen LogP contribution in [0.15, 0.2) is 36.4 Å². The third-order valence-electron chi connectivity index (χ3n) is 2.75. The van der Waals surface area contributed by atoms with E-state index in [2.05, 4.69) is 4.98 Å². The number of hydrogen-bond donors (Lipinski definition) is 1. The van der Waals surface area contributed by atoms with Crippen LogP contribution >= 0.6 is 0 Å². The zero-order valence-electron chi connectivity index (χ0n) is 10.9. The second-order valence-corrected chi connectivity index (χ2v) is 4.42. The molecule has 0 saturated heterocycles. The van der Waals surface area contributed by atoms with Crippen molar-refractivity contribution in [2.24, 2.45) is 0 Å². The van der Waals surface area contributed by atoms with E-state index in [4.69, 9.17) is 4.74 Å². The Balaban J connectivity index is 2.17. The summed E-state index contributed by atoms with van der Waals surface area (Å²) >= 11 is 0. The van der Waals surface area contributed by atoms with Gasteiger partial charge < -0.3 is 9.84 Å². The molecule has 0 amide bonds. The van der Waals surface area contributed by atoms with E-state index < -0.39 is 11.9 Å². The summed E-state index contributed by atoms with van der Waals surface area (Å²) in [4.78, 5) is 4.30. The molecule has 3 nitrogen and oxygen atoms in total. The molecule has 0 bridgehead atoms. The zero-order chi connectivity index (χ0) is 13.8. The SMILES string of the molecule is Cc1cccc(COc2cc(F)ccc2[C@@H](C)O)n1. The topological polar surface area (TPSA) is 42.4 Å². The molecule has 1 heterocycles. The second kappa shape index (κ2) is 5.80. The van der Waals surface area contributed by atoms with E-state index in [0.29, 0.717) is 11.3 Å². The van der Waals surface area contributed by atoms with Crippen LogP contribution in [0.2, 0.25) is 0 Å². The normalized spacial score (nSPS) is 12.2. The molecule has 0 fully saturated rings. The number of aliphatic hydroxyl groups is 1. The molecule has 0 aliphatic rings. The molecule has 2 aromatic rings. The molecule has 0 spiro atoms. The number of aliphatic hydroxyl groups excluding tert-OH is 1. The minimum Gasteiger partial charge on any atom is -0.487 e. The number of halogens is 1. The smallest absolute Gasteiger partial charge is 0.130 e. The Morgan fingerprint density at radius 2 is 2.11 bits per heavy atom. The van der Waals surface area contributed by atoms with Crippen molar-refractivity contribution in [2.45, 2.75) is 26.6 Å². The van der Waals surface area contributed by atoms with Crippen molar-refractivity contribution >= 4 is 0 Å². The van der Waals surface area contributed by atoms with E-state index in [0.717, 1.165) is 11.4 Å². The Morgan fingerprint density at radius 3 is 2.79 bits per heavy atom. The van der Waals surface area contributed by atoms with E-state index in [1.54, 1.807) is 6.92 Å². The molecule has 0 unspecified atom stereocenters. The highest BCUT2D eigenvalue weighted by Crippen LogP contribution is 2.26. The van der Waals surface area contributed by atoms with Gasteiger partial charge in [0, 0.05) is 17.3 Å². The maximum absolute atomic E-state index is 13.2. The first kappa shape index (κ1) is 13.5. The Bertz CT molecular complexity index is 570. The average molecular weight is 261 g/mol. The highest BCUT2D eigenvalue weighted by atomic mass is 19.1. The molecule has 0 aliphatic carbocycles. The summed E-state index contributed by atoms with van der Waals surface area (Å²) in [7, 11) is 0. The molecule has 0 radical (unpaired) electrons. The fraction of sp³-hybridized carbons (Fsp3) is 0.267. The largest absolute Gasteiger partial charge is 0.487 e. The lowest BCUT2D eigenvalue weighted by Crippen LogP contribution is -2.03. The molecular formula is C15H16FNO2. The van der Waals surface area contributed by atoms with Crippen molar-refractivity contribution in [1.82, 2.24) is 4.98 Å². The minimum absolute atomic E-state index is 0.241. The molecule has 4 heteroatoms. The third-order valence-corrected chi connectivity index (χ3v) is 2.75. The molecule has 19 heavy (non-hydrogen) atoms. The molecule has 2 rings (SSSR count). The van der Waals surface area contributed by atoms with Gasteiger partial charge in [0.2, 0.25) is 0 Å². The molecule has 100 valence electrons. The summed E-state index contributed by atoms with van der Waals surface area (Å²) in [6.07, 6.45) is -0.707. The Morgan fingerprint density at radius 1 is 1.32 bits per heavy atom. The maximum atomic E-state index is 13.2. The third kappa shape index (κ3) is 3.51. The van der Waals surface area contributed by atoms with Gasteiger partial charge in [-0.1, -0.05) is 6.07 Å². The van der Waals surface area contributed by atoms with Gasteiger partial charge in [-0.15, -0.1) is 0 Å². The van der Waals surface area contributed by atoms with Crippen LogP contribution in [-0.4, -0.2) is 10.1 Å². The lowest BCUT2D eigenvalue weighted by molar-refractivity contribution is 0.189. The van der Waals surface area contributed by atoms with Crippen molar-refractivity contribution in [3.05, 3.63) is 59.2 Å². The summed E-state index contributed by atoms with van der Waals surface area (Å²) in [6, 6.07) is 9.74. The number of hydrogen-bond acceptors (Lipinski definition) is 3. The molecule has 1 N–H and O–H groups in total. The van der Waals surface area contributed by atoms with E-state index >= 15 is 0 Å². The van der Waals surface area contributed by atoms with Crippen molar-refractivity contribution in [1.29, 1.82) is 0 Å². The summed E-state index contributed by atoms with van der Waals surface area (Å²) < 4.78 is 18.8. The number of benzene rings is 1. The first-order chi connectivity index (χ1) is 9.06. The predicted octanol–water partition coefficient (Wildman–Crippen LogP) is 3.16. The van der Waals surface area contributed by atoms with Gasteiger partial charge in [-0.2, -0.15) is 0 Å². The lowest BCUT2D eigenvalue weighted by atomic mass is 10.1. The quantitative estimate of drug-likeness (QED) is 0.919. The van der Waals surface area contributed by atoms with Crippen molar-refractivity contribution in [3.63, 3.8) is 0 Å². The Labute approximate surface area is 111 Å². The van der Waals surface area contributed by atoms with Crippen LogP contribution in [0.1, 0.15) is 30.0 Å². The van der Waals surface area contributed by atoms with Gasteiger partial charge in [0.1, 0.15) is 18.2 Å². The monoisotopic (exact) mass is 261 g/mol. The van der Waals surface area contributed by atoms with E-state index in [9.17, 15) is 9.50 Å². The average Bonchev–Trinajstić information content (AvgIpc) is 2.36. The summed E-state index contributed by atoms with van der Waals surface area (Å²) in [5, 5.41) is 9.62. The van der Waals surface area contributed by atoms with E-state index in [-0.39, 0.29) is 6.61 Å². The molecule has 1 aromatic heterocycles. The van der Waals surface area contributed by atoms with E-state index in [1.807, 2.05) is 25.1 Å². The van der Waals surface area contributed by atoms with Crippen LogP contribution in [-0.2, 0) is 6.61 Å². The highest BCUT2D eigenvalue weighted by Gasteiger charge is 2.10. The molecule has 1 atom stereocenters. The zero-order valence-corrected chi connectivity index (χ0v) is 10.9. The van der Waals surface area contributed by atoms with Gasteiger partial charge in [-0.3, -0.25) is 4.98 Å². The van der Waals surface area contributed by atoms with Crippen molar-refractivity contribution in [2.75, 3.05) is 0 Å². The number of pyridine rings is 1. The van der Waals surface area contributed by atoms with Crippen molar-refractivity contribution in [3.8, 4) is 5.75 Å². The van der Waals surface area contributed by atoms with Crippen LogP contribution in [0.25, 0.3) is 0 Å². The molecular weight excluding hydrogens is 245 g/mol. The molecule has 0 saturated carbocycles. The lowest BCUT2D eigenvalue weighted by Gasteiger charge is -2.13. The van der Waals surface area contributed by atoms with Gasteiger partial charge in [0.05, 0.1) is 11.8 Å². The number of ether oxygens (including phenoxy) is 1. The minimum atomic E-state index is -0.707. The van der Waals surface area contributed by atoms with Crippen LogP contribution in [0.5, 0.6) is 5.75 Å². The van der Waals surface area contributed by atoms with Crippen molar-refractivity contribution < 1.29 is 14.2 Å². The first-order valence-electron chi connectivity index (χ1n) is 6.09. The van der Waals surface area contributed by atoms with Gasteiger partial charge in [0.25, 0.3) is 0 Å². The second-order valence-electron chi connectivity index (χ2n) is 4.42.